The van der Waals surface area contributed by atoms with E-state index >= 15 is 0 Å². The van der Waals surface area contributed by atoms with Gasteiger partial charge >= 0.3 is 0 Å². The van der Waals surface area contributed by atoms with Gasteiger partial charge in [0.05, 0.1) is 11.2 Å². The molecule has 0 radical (unpaired) electrons. The highest BCUT2D eigenvalue weighted by Crippen LogP contribution is 2.50. The summed E-state index contributed by atoms with van der Waals surface area (Å²) in [6.07, 6.45) is 5.75. The van der Waals surface area contributed by atoms with Crippen LogP contribution in [0.25, 0.3) is 0 Å². The Hall–Kier alpha value is -0.0800. The van der Waals surface area contributed by atoms with Crippen LogP contribution in [0.15, 0.2) is 0 Å². The predicted octanol–water partition coefficient (Wildman–Crippen LogP) is 3.13. The van der Waals surface area contributed by atoms with Gasteiger partial charge in [-0.05, 0) is 50.4 Å². The van der Waals surface area contributed by atoms with Gasteiger partial charge in [0.15, 0.2) is 0 Å². The van der Waals surface area contributed by atoms with E-state index in [1.165, 1.54) is 19.3 Å². The molecular weight excluding hydrogens is 200 g/mol. The molecule has 2 unspecified atom stereocenters. The Morgan fingerprint density at radius 1 is 1.19 bits per heavy atom. The van der Waals surface area contributed by atoms with Crippen molar-refractivity contribution < 1.29 is 9.84 Å². The molecule has 0 aromatic rings. The van der Waals surface area contributed by atoms with E-state index in [4.69, 9.17) is 4.74 Å². The Bertz CT molecular complexity index is 258. The van der Waals surface area contributed by atoms with Crippen molar-refractivity contribution >= 4 is 0 Å². The molecule has 2 nitrogen and oxygen atoms in total. The SMILES string of the molecule is CC(C)(C)C(C)(O)C1CCOC2(CCC2)C1. The Labute approximate surface area is 99.4 Å². The molecule has 1 saturated heterocycles. The average Bonchev–Trinajstić information content (AvgIpc) is 2.14. The van der Waals surface area contributed by atoms with Crippen molar-refractivity contribution in [2.75, 3.05) is 6.61 Å². The van der Waals surface area contributed by atoms with Crippen LogP contribution in [0.5, 0.6) is 0 Å². The zero-order valence-electron chi connectivity index (χ0n) is 11.2. The molecule has 0 bridgehead atoms. The predicted molar refractivity (Wildman–Crippen MR) is 65.3 cm³/mol. The van der Waals surface area contributed by atoms with Gasteiger partial charge in [-0.25, -0.2) is 0 Å². The first-order valence-corrected chi connectivity index (χ1v) is 6.63. The van der Waals surface area contributed by atoms with E-state index in [1.807, 2.05) is 6.92 Å². The van der Waals surface area contributed by atoms with E-state index in [-0.39, 0.29) is 11.0 Å². The van der Waals surface area contributed by atoms with Crippen LogP contribution in [0.3, 0.4) is 0 Å². The maximum absolute atomic E-state index is 10.8. The summed E-state index contributed by atoms with van der Waals surface area (Å²) in [5, 5.41) is 10.8. The topological polar surface area (TPSA) is 29.5 Å². The fourth-order valence-electron chi connectivity index (χ4n) is 3.04. The summed E-state index contributed by atoms with van der Waals surface area (Å²) >= 11 is 0. The minimum absolute atomic E-state index is 0.0556. The van der Waals surface area contributed by atoms with E-state index in [1.54, 1.807) is 0 Å². The van der Waals surface area contributed by atoms with E-state index in [0.717, 1.165) is 19.4 Å². The van der Waals surface area contributed by atoms with Gasteiger partial charge in [-0.2, -0.15) is 0 Å². The summed E-state index contributed by atoms with van der Waals surface area (Å²) in [6, 6.07) is 0. The van der Waals surface area contributed by atoms with Crippen LogP contribution < -0.4 is 0 Å². The number of ether oxygens (including phenoxy) is 1. The fraction of sp³-hybridized carbons (Fsp3) is 1.00. The Morgan fingerprint density at radius 2 is 1.81 bits per heavy atom. The smallest absolute Gasteiger partial charge is 0.0697 e. The van der Waals surface area contributed by atoms with Gasteiger partial charge < -0.3 is 9.84 Å². The molecule has 1 heterocycles. The van der Waals surface area contributed by atoms with Gasteiger partial charge in [-0.15, -0.1) is 0 Å². The monoisotopic (exact) mass is 226 g/mol. The number of hydrogen-bond donors (Lipinski definition) is 1. The lowest BCUT2D eigenvalue weighted by Gasteiger charge is -2.53. The lowest BCUT2D eigenvalue weighted by molar-refractivity contribution is -0.191. The maximum atomic E-state index is 10.8. The highest BCUT2D eigenvalue weighted by atomic mass is 16.5. The van der Waals surface area contributed by atoms with E-state index in [9.17, 15) is 5.11 Å². The second-order valence-corrected chi connectivity index (χ2v) is 6.97. The summed E-state index contributed by atoms with van der Waals surface area (Å²) in [6.45, 7) is 9.24. The highest BCUT2D eigenvalue weighted by Gasteiger charge is 2.50. The molecule has 0 amide bonds. The summed E-state index contributed by atoms with van der Waals surface area (Å²) < 4.78 is 5.93. The molecule has 94 valence electrons. The van der Waals surface area contributed by atoms with Gasteiger partial charge in [-0.3, -0.25) is 0 Å². The normalized spacial score (nSPS) is 33.2. The van der Waals surface area contributed by atoms with Crippen LogP contribution in [-0.4, -0.2) is 22.9 Å². The Balaban J connectivity index is 2.09. The van der Waals surface area contributed by atoms with Crippen molar-refractivity contribution in [1.82, 2.24) is 0 Å². The molecule has 2 atom stereocenters. The lowest BCUT2D eigenvalue weighted by Crippen LogP contribution is -2.54. The third-order valence-electron chi connectivity index (χ3n) is 5.07. The number of rotatable bonds is 1. The molecule has 2 rings (SSSR count). The molecule has 1 saturated carbocycles. The summed E-state index contributed by atoms with van der Waals surface area (Å²) in [5.74, 6) is 0.390. The molecule has 1 aliphatic heterocycles. The molecule has 2 aliphatic rings. The summed E-state index contributed by atoms with van der Waals surface area (Å²) in [5.41, 5.74) is -0.503. The first-order chi connectivity index (χ1) is 7.27. The van der Waals surface area contributed by atoms with Crippen LogP contribution in [0.4, 0.5) is 0 Å². The maximum Gasteiger partial charge on any atom is 0.0697 e. The van der Waals surface area contributed by atoms with Crippen LogP contribution in [0.1, 0.15) is 59.8 Å². The molecular formula is C14H26O2. The van der Waals surface area contributed by atoms with Gasteiger partial charge in [0, 0.05) is 6.61 Å². The molecule has 1 N–H and O–H groups in total. The van der Waals surface area contributed by atoms with Crippen LogP contribution in [0.2, 0.25) is 0 Å². The first kappa shape index (κ1) is 12.4. The van der Waals surface area contributed by atoms with Gasteiger partial charge in [-0.1, -0.05) is 20.8 Å². The van der Waals surface area contributed by atoms with Crippen LogP contribution >= 0.6 is 0 Å². The average molecular weight is 226 g/mol. The number of aliphatic hydroxyl groups is 1. The fourth-order valence-corrected chi connectivity index (χ4v) is 3.04. The first-order valence-electron chi connectivity index (χ1n) is 6.63. The third kappa shape index (κ3) is 1.91. The molecule has 1 aliphatic carbocycles. The largest absolute Gasteiger partial charge is 0.389 e. The molecule has 2 heteroatoms. The molecule has 16 heavy (non-hydrogen) atoms. The van der Waals surface area contributed by atoms with Crippen molar-refractivity contribution in [1.29, 1.82) is 0 Å². The standard InChI is InChI=1S/C14H26O2/c1-12(2,3)13(4,15)11-6-9-16-14(10-11)7-5-8-14/h11,15H,5-10H2,1-4H3. The number of hydrogen-bond acceptors (Lipinski definition) is 2. The summed E-state index contributed by atoms with van der Waals surface area (Å²) in [4.78, 5) is 0. The van der Waals surface area contributed by atoms with Gasteiger partial charge in [0.1, 0.15) is 0 Å². The lowest BCUT2D eigenvalue weighted by atomic mass is 9.62. The Kier molecular flexibility index (Phi) is 2.87. The highest BCUT2D eigenvalue weighted by molar-refractivity contribution is 5.01. The van der Waals surface area contributed by atoms with E-state index < -0.39 is 5.60 Å². The quantitative estimate of drug-likeness (QED) is 0.744. The molecule has 0 aromatic carbocycles. The zero-order valence-corrected chi connectivity index (χ0v) is 11.2. The molecule has 0 aromatic heterocycles. The third-order valence-corrected chi connectivity index (χ3v) is 5.07. The van der Waals surface area contributed by atoms with Crippen molar-refractivity contribution in [3.05, 3.63) is 0 Å². The van der Waals surface area contributed by atoms with E-state index in [0.29, 0.717) is 5.92 Å². The molecule has 1 spiro atoms. The molecule has 2 fully saturated rings. The zero-order chi connectivity index (χ0) is 12.0. The van der Waals surface area contributed by atoms with Crippen LogP contribution in [0, 0.1) is 11.3 Å². The van der Waals surface area contributed by atoms with Gasteiger partial charge in [0.2, 0.25) is 0 Å². The summed E-state index contributed by atoms with van der Waals surface area (Å²) in [7, 11) is 0. The van der Waals surface area contributed by atoms with Gasteiger partial charge in [0.25, 0.3) is 0 Å². The van der Waals surface area contributed by atoms with Crippen molar-refractivity contribution in [3.63, 3.8) is 0 Å². The second-order valence-electron chi connectivity index (χ2n) is 6.97. The van der Waals surface area contributed by atoms with E-state index in [2.05, 4.69) is 20.8 Å². The van der Waals surface area contributed by atoms with Crippen LogP contribution in [-0.2, 0) is 4.74 Å². The second kappa shape index (κ2) is 3.71. The Morgan fingerprint density at radius 3 is 2.25 bits per heavy atom. The van der Waals surface area contributed by atoms with Crippen molar-refractivity contribution in [2.24, 2.45) is 11.3 Å². The van der Waals surface area contributed by atoms with Crippen molar-refractivity contribution in [3.8, 4) is 0 Å². The minimum atomic E-state index is -0.584. The minimum Gasteiger partial charge on any atom is -0.389 e. The van der Waals surface area contributed by atoms with Crippen molar-refractivity contribution in [2.45, 2.75) is 71.0 Å².